The number of amides is 4. The van der Waals surface area contributed by atoms with Crippen LogP contribution in [0, 0.1) is 0 Å². The third kappa shape index (κ3) is 4.43. The molecule has 0 atom stereocenters. The van der Waals surface area contributed by atoms with Gasteiger partial charge in [0.15, 0.2) is 0 Å². The maximum atomic E-state index is 12.3. The number of nitrogens with zero attached hydrogens (tertiary/aromatic N) is 1. The number of carbonyl (C=O) groups excluding carboxylic acids is 2. The largest absolute Gasteiger partial charge is 0.351 e. The summed E-state index contributed by atoms with van der Waals surface area (Å²) < 4.78 is 3.63. The number of nitrogens with two attached hydrogens (primary N) is 1. The minimum absolute atomic E-state index is 0.397. The van der Waals surface area contributed by atoms with Gasteiger partial charge in [-0.15, -0.1) is 0 Å². The molecule has 0 radical (unpaired) electrons. The quantitative estimate of drug-likeness (QED) is 0.759. The van der Waals surface area contributed by atoms with E-state index in [0.717, 1.165) is 12.1 Å². The van der Waals surface area contributed by atoms with Crippen LogP contribution in [0.3, 0.4) is 0 Å². The molecule has 2 aromatic carbocycles. The van der Waals surface area contributed by atoms with E-state index < -0.39 is 12.1 Å². The minimum Gasteiger partial charge on any atom is -0.351 e. The first-order valence-corrected chi connectivity index (χ1v) is 6.88. The highest BCUT2D eigenvalue weighted by Crippen LogP contribution is 2.21. The molecule has 0 fully saturated rings. The number of para-hydroxylation sites is 2. The van der Waals surface area contributed by atoms with E-state index in [0.29, 0.717) is 11.4 Å². The highest BCUT2D eigenvalue weighted by molar-refractivity contribution is 8.00. The topological polar surface area (TPSA) is 87.5 Å². The fraction of sp³-hybridized carbons (Fsp3) is 0. The van der Waals surface area contributed by atoms with Crippen molar-refractivity contribution in [2.75, 3.05) is 9.62 Å². The van der Waals surface area contributed by atoms with E-state index in [-0.39, 0.29) is 0 Å². The van der Waals surface area contributed by atoms with Gasteiger partial charge in [0.2, 0.25) is 0 Å². The maximum Gasteiger partial charge on any atom is 0.337 e. The molecule has 0 bridgehead atoms. The fourth-order valence-corrected chi connectivity index (χ4v) is 2.10. The van der Waals surface area contributed by atoms with Crippen molar-refractivity contribution in [1.82, 2.24) is 4.72 Å². The number of urea groups is 2. The van der Waals surface area contributed by atoms with E-state index >= 15 is 0 Å². The summed E-state index contributed by atoms with van der Waals surface area (Å²) in [5.74, 6) is 0. The van der Waals surface area contributed by atoms with E-state index in [1.54, 1.807) is 36.4 Å². The number of rotatable bonds is 4. The first kappa shape index (κ1) is 14.7. The summed E-state index contributed by atoms with van der Waals surface area (Å²) in [6, 6.07) is 16.8. The molecule has 0 aliphatic carbocycles. The number of hydrogen-bond donors (Lipinski definition) is 3. The van der Waals surface area contributed by atoms with E-state index in [1.165, 1.54) is 4.31 Å². The normalized spacial score (nSPS) is 9.71. The van der Waals surface area contributed by atoms with Crippen molar-refractivity contribution in [2.24, 2.45) is 5.73 Å². The summed E-state index contributed by atoms with van der Waals surface area (Å²) in [4.78, 5) is 23.2. The van der Waals surface area contributed by atoms with E-state index in [4.69, 9.17) is 5.73 Å². The van der Waals surface area contributed by atoms with Crippen LogP contribution in [0.25, 0.3) is 0 Å². The van der Waals surface area contributed by atoms with Crippen molar-refractivity contribution in [3.05, 3.63) is 60.7 Å². The first-order chi connectivity index (χ1) is 10.2. The highest BCUT2D eigenvalue weighted by Gasteiger charge is 2.17. The fourth-order valence-electron chi connectivity index (χ4n) is 1.56. The predicted molar refractivity (Wildman–Crippen MR) is 84.7 cm³/mol. The van der Waals surface area contributed by atoms with Gasteiger partial charge in [-0.25, -0.2) is 13.9 Å². The monoisotopic (exact) mass is 302 g/mol. The average molecular weight is 302 g/mol. The van der Waals surface area contributed by atoms with Crippen LogP contribution in [0.2, 0.25) is 0 Å². The molecule has 2 aromatic rings. The molecule has 0 unspecified atom stereocenters. The lowest BCUT2D eigenvalue weighted by atomic mass is 10.3. The Hall–Kier alpha value is -2.67. The van der Waals surface area contributed by atoms with Crippen molar-refractivity contribution >= 4 is 35.6 Å². The van der Waals surface area contributed by atoms with Crippen molar-refractivity contribution < 1.29 is 9.59 Å². The van der Waals surface area contributed by atoms with Gasteiger partial charge in [0.1, 0.15) is 0 Å². The van der Waals surface area contributed by atoms with E-state index in [2.05, 4.69) is 10.0 Å². The van der Waals surface area contributed by atoms with Crippen LogP contribution in [0.4, 0.5) is 21.0 Å². The van der Waals surface area contributed by atoms with Gasteiger partial charge in [-0.2, -0.15) is 0 Å². The molecule has 0 aliphatic heterocycles. The summed E-state index contributed by atoms with van der Waals surface area (Å²) in [5.41, 5.74) is 6.31. The van der Waals surface area contributed by atoms with Crippen LogP contribution in [0.1, 0.15) is 0 Å². The molecule has 21 heavy (non-hydrogen) atoms. The molecular weight excluding hydrogens is 288 g/mol. The number of carbonyl (C=O) groups is 2. The Morgan fingerprint density at radius 3 is 2.10 bits per heavy atom. The second-order valence-corrected chi connectivity index (χ2v) is 4.74. The number of nitrogens with one attached hydrogen (secondary N) is 2. The van der Waals surface area contributed by atoms with Crippen molar-refractivity contribution in [3.8, 4) is 0 Å². The predicted octanol–water partition coefficient (Wildman–Crippen LogP) is 2.96. The molecule has 7 heteroatoms. The van der Waals surface area contributed by atoms with Gasteiger partial charge >= 0.3 is 12.1 Å². The summed E-state index contributed by atoms with van der Waals surface area (Å²) >= 11 is 0.807. The lowest BCUT2D eigenvalue weighted by molar-refractivity contribution is 0.254. The maximum absolute atomic E-state index is 12.3. The zero-order chi connectivity index (χ0) is 15.1. The minimum atomic E-state index is -0.728. The Bertz CT molecular complexity index is 607. The second-order valence-electron chi connectivity index (χ2n) is 3.98. The molecule has 2 rings (SSSR count). The van der Waals surface area contributed by atoms with Crippen molar-refractivity contribution in [1.29, 1.82) is 0 Å². The van der Waals surface area contributed by atoms with Crippen LogP contribution in [-0.4, -0.2) is 12.1 Å². The lowest BCUT2D eigenvalue weighted by Crippen LogP contribution is -2.35. The number of hydrogen-bond acceptors (Lipinski definition) is 3. The van der Waals surface area contributed by atoms with Gasteiger partial charge in [0.05, 0.1) is 17.8 Å². The highest BCUT2D eigenvalue weighted by atomic mass is 32.2. The second kappa shape index (κ2) is 7.20. The Morgan fingerprint density at radius 1 is 0.952 bits per heavy atom. The molecule has 0 saturated carbocycles. The molecule has 0 heterocycles. The molecular formula is C14H14N4O2S. The molecule has 0 spiro atoms. The summed E-state index contributed by atoms with van der Waals surface area (Å²) in [5, 5.41) is 2.74. The van der Waals surface area contributed by atoms with Crippen LogP contribution in [0.5, 0.6) is 0 Å². The van der Waals surface area contributed by atoms with Crippen molar-refractivity contribution in [3.63, 3.8) is 0 Å². The molecule has 6 nitrogen and oxygen atoms in total. The molecule has 4 amide bonds. The molecule has 0 aliphatic rings. The smallest absolute Gasteiger partial charge is 0.337 e. The average Bonchev–Trinajstić information content (AvgIpc) is 2.49. The summed E-state index contributed by atoms with van der Waals surface area (Å²) in [6.45, 7) is 0. The Labute approximate surface area is 126 Å². The van der Waals surface area contributed by atoms with Crippen molar-refractivity contribution in [2.45, 2.75) is 0 Å². The Kier molecular flexibility index (Phi) is 5.05. The molecule has 0 aromatic heterocycles. The summed E-state index contributed by atoms with van der Waals surface area (Å²) in [7, 11) is 0. The number of anilines is 2. The van der Waals surface area contributed by atoms with Crippen LogP contribution in [-0.2, 0) is 0 Å². The van der Waals surface area contributed by atoms with Gasteiger partial charge in [-0.1, -0.05) is 36.4 Å². The van der Waals surface area contributed by atoms with Gasteiger partial charge in [-0.05, 0) is 24.3 Å². The third-order valence-electron chi connectivity index (χ3n) is 2.44. The van der Waals surface area contributed by atoms with Crippen LogP contribution >= 0.6 is 12.1 Å². The third-order valence-corrected chi connectivity index (χ3v) is 3.29. The molecule has 0 saturated heterocycles. The zero-order valence-corrected chi connectivity index (χ0v) is 11.8. The number of primary amides is 1. The van der Waals surface area contributed by atoms with Gasteiger partial charge in [-0.3, -0.25) is 4.72 Å². The van der Waals surface area contributed by atoms with Gasteiger partial charge < -0.3 is 11.1 Å². The van der Waals surface area contributed by atoms with Gasteiger partial charge in [0, 0.05) is 5.69 Å². The van der Waals surface area contributed by atoms with Crippen LogP contribution in [0.15, 0.2) is 60.7 Å². The van der Waals surface area contributed by atoms with Crippen LogP contribution < -0.4 is 20.1 Å². The Balaban J connectivity index is 2.14. The standard InChI is InChI=1S/C14H14N4O2S/c15-13(19)17-21-18(12-9-5-2-6-10-12)14(20)16-11-7-3-1-4-8-11/h1-10H,(H,16,20)(H3,15,17,19). The van der Waals surface area contributed by atoms with E-state index in [9.17, 15) is 9.59 Å². The Morgan fingerprint density at radius 2 is 1.52 bits per heavy atom. The van der Waals surface area contributed by atoms with Gasteiger partial charge in [0.25, 0.3) is 0 Å². The zero-order valence-electron chi connectivity index (χ0n) is 11.0. The lowest BCUT2D eigenvalue weighted by Gasteiger charge is -2.21. The number of benzene rings is 2. The SMILES string of the molecule is NC(=O)NSN(C(=O)Nc1ccccc1)c1ccccc1. The first-order valence-electron chi connectivity index (χ1n) is 6.10. The molecule has 108 valence electrons. The summed E-state index contributed by atoms with van der Waals surface area (Å²) in [6.07, 6.45) is 0. The van der Waals surface area contributed by atoms with E-state index in [1.807, 2.05) is 24.3 Å². The molecule has 4 N–H and O–H groups in total.